The molecule has 0 saturated heterocycles. The van der Waals surface area contributed by atoms with E-state index in [2.05, 4.69) is 4.98 Å². The number of nitrogens with zero attached hydrogens (tertiary/aromatic N) is 2. The summed E-state index contributed by atoms with van der Waals surface area (Å²) in [7, 11) is 3.31. The van der Waals surface area contributed by atoms with E-state index < -0.39 is 0 Å². The van der Waals surface area contributed by atoms with Crippen LogP contribution in [-0.4, -0.2) is 49.1 Å². The minimum atomic E-state index is -0.166. The average molecular weight is 223 g/mol. The number of aromatic nitrogens is 1. The Kier molecular flexibility index (Phi) is 4.88. The molecule has 1 aromatic rings. The molecule has 1 rings (SSSR count). The Morgan fingerprint density at radius 3 is 2.75 bits per heavy atom. The minimum absolute atomic E-state index is 0.0612. The lowest BCUT2D eigenvalue weighted by Crippen LogP contribution is -2.41. The fraction of sp³-hybridized carbons (Fsp3) is 0.455. The predicted molar refractivity (Wildman–Crippen MR) is 61.0 cm³/mol. The standard InChI is InChI=1S/C11H17N3O2/c1-14(7-10(12)8-16-2)11(15)9-3-5-13-6-4-9/h3-6,10H,7-8,12H2,1-2H3. The summed E-state index contributed by atoms with van der Waals surface area (Å²) in [6.07, 6.45) is 3.19. The van der Waals surface area contributed by atoms with Gasteiger partial charge in [-0.1, -0.05) is 0 Å². The van der Waals surface area contributed by atoms with E-state index in [-0.39, 0.29) is 11.9 Å². The number of pyridine rings is 1. The van der Waals surface area contributed by atoms with E-state index in [0.29, 0.717) is 18.7 Å². The number of nitrogens with two attached hydrogens (primary N) is 1. The molecule has 0 aliphatic rings. The summed E-state index contributed by atoms with van der Waals surface area (Å²) in [5.41, 5.74) is 6.38. The van der Waals surface area contributed by atoms with Crippen molar-refractivity contribution < 1.29 is 9.53 Å². The van der Waals surface area contributed by atoms with E-state index in [1.54, 1.807) is 43.6 Å². The molecule has 0 aliphatic heterocycles. The van der Waals surface area contributed by atoms with Crippen LogP contribution < -0.4 is 5.73 Å². The molecule has 0 saturated carbocycles. The van der Waals surface area contributed by atoms with Crippen LogP contribution in [-0.2, 0) is 4.74 Å². The van der Waals surface area contributed by atoms with Crippen molar-refractivity contribution in [2.75, 3.05) is 27.3 Å². The third-order valence-electron chi connectivity index (χ3n) is 2.16. The molecule has 88 valence electrons. The summed E-state index contributed by atoms with van der Waals surface area (Å²) in [5.74, 6) is -0.0612. The molecule has 0 aromatic carbocycles. The Bertz CT molecular complexity index is 329. The number of carbonyl (C=O) groups is 1. The van der Waals surface area contributed by atoms with Gasteiger partial charge < -0.3 is 15.4 Å². The molecule has 1 unspecified atom stereocenters. The predicted octanol–water partition coefficient (Wildman–Crippen LogP) is 0.127. The van der Waals surface area contributed by atoms with Crippen LogP contribution in [0.4, 0.5) is 0 Å². The molecule has 0 fully saturated rings. The van der Waals surface area contributed by atoms with Gasteiger partial charge in [-0.05, 0) is 12.1 Å². The van der Waals surface area contributed by atoms with Gasteiger partial charge in [0.05, 0.1) is 6.61 Å². The van der Waals surface area contributed by atoms with E-state index in [1.807, 2.05) is 0 Å². The second kappa shape index (κ2) is 6.19. The van der Waals surface area contributed by atoms with Crippen LogP contribution in [0, 0.1) is 0 Å². The lowest BCUT2D eigenvalue weighted by molar-refractivity contribution is 0.0764. The molecule has 0 bridgehead atoms. The van der Waals surface area contributed by atoms with Crippen LogP contribution in [0.15, 0.2) is 24.5 Å². The van der Waals surface area contributed by atoms with E-state index in [4.69, 9.17) is 10.5 Å². The first-order chi connectivity index (χ1) is 7.65. The summed E-state index contributed by atoms with van der Waals surface area (Å²) in [6.45, 7) is 0.906. The first-order valence-corrected chi connectivity index (χ1v) is 5.05. The van der Waals surface area contributed by atoms with Gasteiger partial charge in [-0.25, -0.2) is 0 Å². The Labute approximate surface area is 95.2 Å². The van der Waals surface area contributed by atoms with E-state index in [1.165, 1.54) is 0 Å². The molecule has 1 heterocycles. The highest BCUT2D eigenvalue weighted by atomic mass is 16.5. The van der Waals surface area contributed by atoms with E-state index in [9.17, 15) is 4.79 Å². The molecule has 16 heavy (non-hydrogen) atoms. The Balaban J connectivity index is 2.55. The van der Waals surface area contributed by atoms with Gasteiger partial charge >= 0.3 is 0 Å². The van der Waals surface area contributed by atoms with Crippen molar-refractivity contribution in [3.63, 3.8) is 0 Å². The number of rotatable bonds is 5. The maximum Gasteiger partial charge on any atom is 0.253 e. The van der Waals surface area contributed by atoms with Crippen molar-refractivity contribution in [3.05, 3.63) is 30.1 Å². The van der Waals surface area contributed by atoms with Crippen LogP contribution in [0.1, 0.15) is 10.4 Å². The van der Waals surface area contributed by atoms with Crippen molar-refractivity contribution in [2.24, 2.45) is 5.73 Å². The largest absolute Gasteiger partial charge is 0.383 e. The summed E-state index contributed by atoms with van der Waals surface area (Å²) >= 11 is 0. The highest BCUT2D eigenvalue weighted by Gasteiger charge is 2.14. The van der Waals surface area contributed by atoms with Crippen LogP contribution in [0.5, 0.6) is 0 Å². The molecule has 0 spiro atoms. The Morgan fingerprint density at radius 2 is 2.19 bits per heavy atom. The number of likely N-dealkylation sites (N-methyl/N-ethyl adjacent to an activating group) is 1. The smallest absolute Gasteiger partial charge is 0.253 e. The summed E-state index contributed by atoms with van der Waals surface area (Å²) in [5, 5.41) is 0. The number of methoxy groups -OCH3 is 1. The van der Waals surface area contributed by atoms with Gasteiger partial charge in [0, 0.05) is 44.7 Å². The molecule has 1 aromatic heterocycles. The quantitative estimate of drug-likeness (QED) is 0.770. The number of hydrogen-bond donors (Lipinski definition) is 1. The molecule has 0 radical (unpaired) electrons. The normalized spacial score (nSPS) is 12.2. The molecule has 1 amide bonds. The third-order valence-corrected chi connectivity index (χ3v) is 2.16. The number of carbonyl (C=O) groups excluding carboxylic acids is 1. The monoisotopic (exact) mass is 223 g/mol. The molecule has 5 heteroatoms. The van der Waals surface area contributed by atoms with Crippen molar-refractivity contribution in [2.45, 2.75) is 6.04 Å². The van der Waals surface area contributed by atoms with Gasteiger partial charge in [0.1, 0.15) is 0 Å². The van der Waals surface area contributed by atoms with Crippen LogP contribution in [0.25, 0.3) is 0 Å². The number of hydrogen-bond acceptors (Lipinski definition) is 4. The van der Waals surface area contributed by atoms with Crippen molar-refractivity contribution in [1.29, 1.82) is 0 Å². The first kappa shape index (κ1) is 12.6. The van der Waals surface area contributed by atoms with Crippen LogP contribution in [0.3, 0.4) is 0 Å². The fourth-order valence-corrected chi connectivity index (χ4v) is 1.42. The molecular weight excluding hydrogens is 206 g/mol. The molecule has 2 N–H and O–H groups in total. The summed E-state index contributed by atoms with van der Waals surface area (Å²) in [4.78, 5) is 17.3. The zero-order valence-electron chi connectivity index (χ0n) is 9.59. The zero-order chi connectivity index (χ0) is 12.0. The Hall–Kier alpha value is -1.46. The second-order valence-corrected chi connectivity index (χ2v) is 3.64. The van der Waals surface area contributed by atoms with Gasteiger partial charge in [-0.15, -0.1) is 0 Å². The highest BCUT2D eigenvalue weighted by molar-refractivity contribution is 5.93. The Morgan fingerprint density at radius 1 is 1.56 bits per heavy atom. The third kappa shape index (κ3) is 3.60. The second-order valence-electron chi connectivity index (χ2n) is 3.64. The van der Waals surface area contributed by atoms with Crippen molar-refractivity contribution in [1.82, 2.24) is 9.88 Å². The van der Waals surface area contributed by atoms with Gasteiger partial charge in [-0.3, -0.25) is 9.78 Å². The molecule has 5 nitrogen and oxygen atoms in total. The van der Waals surface area contributed by atoms with Crippen molar-refractivity contribution in [3.8, 4) is 0 Å². The number of amides is 1. The molecular formula is C11H17N3O2. The minimum Gasteiger partial charge on any atom is -0.383 e. The van der Waals surface area contributed by atoms with Gasteiger partial charge in [0.2, 0.25) is 0 Å². The van der Waals surface area contributed by atoms with Gasteiger partial charge in [0.15, 0.2) is 0 Å². The maximum absolute atomic E-state index is 11.9. The van der Waals surface area contributed by atoms with Crippen molar-refractivity contribution >= 4 is 5.91 Å². The molecule has 0 aliphatic carbocycles. The van der Waals surface area contributed by atoms with Crippen LogP contribution in [0.2, 0.25) is 0 Å². The van der Waals surface area contributed by atoms with Gasteiger partial charge in [-0.2, -0.15) is 0 Å². The average Bonchev–Trinajstić information content (AvgIpc) is 2.29. The summed E-state index contributed by atoms with van der Waals surface area (Å²) in [6, 6.07) is 3.20. The van der Waals surface area contributed by atoms with Gasteiger partial charge in [0.25, 0.3) is 5.91 Å². The topological polar surface area (TPSA) is 68.5 Å². The fourth-order valence-electron chi connectivity index (χ4n) is 1.42. The SMILES string of the molecule is COCC(N)CN(C)C(=O)c1ccncc1. The first-order valence-electron chi connectivity index (χ1n) is 5.05. The zero-order valence-corrected chi connectivity index (χ0v) is 9.59. The van der Waals surface area contributed by atoms with E-state index >= 15 is 0 Å². The van der Waals surface area contributed by atoms with E-state index in [0.717, 1.165) is 0 Å². The summed E-state index contributed by atoms with van der Waals surface area (Å²) < 4.78 is 4.92. The lowest BCUT2D eigenvalue weighted by Gasteiger charge is -2.21. The molecule has 1 atom stereocenters. The lowest BCUT2D eigenvalue weighted by atomic mass is 10.2. The maximum atomic E-state index is 11.9. The highest BCUT2D eigenvalue weighted by Crippen LogP contribution is 2.01. The van der Waals surface area contributed by atoms with Crippen LogP contribution >= 0.6 is 0 Å². The number of ether oxygens (including phenoxy) is 1.